The average Bonchev–Trinajstić information content (AvgIpc) is 3.29. The van der Waals surface area contributed by atoms with Crippen molar-refractivity contribution in [1.82, 2.24) is 19.9 Å². The molecule has 0 spiro atoms. The molecule has 1 aromatic carbocycles. The number of aryl methyl sites for hydroxylation is 1. The van der Waals surface area contributed by atoms with Crippen molar-refractivity contribution in [3.8, 4) is 0 Å². The molecule has 34 heavy (non-hydrogen) atoms. The standard InChI is InChI=1S/C23H22N8O3/c1-15-4-2-5-16(12-15)13-25-30-23-28-19(31-8-10-33-11-9-31)18-21(29-23)34-22(27-18)20(32)26-17-6-3-7-24-14-17/h2-7,12-14H,8-11H2,1H3,(H,26,32)(H,28,29,30)/b25-13+. The lowest BCUT2D eigenvalue weighted by Gasteiger charge is -2.27. The molecule has 11 nitrogen and oxygen atoms in total. The molecule has 0 aliphatic carbocycles. The molecule has 1 amide bonds. The van der Waals surface area contributed by atoms with Gasteiger partial charge in [-0.3, -0.25) is 9.78 Å². The Morgan fingerprint density at radius 3 is 2.82 bits per heavy atom. The number of hydrazone groups is 1. The largest absolute Gasteiger partial charge is 0.413 e. The van der Waals surface area contributed by atoms with Crippen molar-refractivity contribution in [1.29, 1.82) is 0 Å². The van der Waals surface area contributed by atoms with E-state index in [9.17, 15) is 4.79 Å². The lowest BCUT2D eigenvalue weighted by atomic mass is 10.2. The first-order valence-electron chi connectivity index (χ1n) is 10.7. The highest BCUT2D eigenvalue weighted by Crippen LogP contribution is 2.27. The molecule has 0 unspecified atom stereocenters. The quantitative estimate of drug-likeness (QED) is 0.331. The van der Waals surface area contributed by atoms with E-state index in [1.807, 2.05) is 36.1 Å². The van der Waals surface area contributed by atoms with Crippen LogP contribution in [0.2, 0.25) is 0 Å². The van der Waals surface area contributed by atoms with Gasteiger partial charge in [0.2, 0.25) is 5.95 Å². The Kier molecular flexibility index (Phi) is 6.08. The maximum Gasteiger partial charge on any atom is 0.311 e. The molecule has 0 bridgehead atoms. The number of morpholine rings is 1. The van der Waals surface area contributed by atoms with E-state index in [2.05, 4.69) is 35.8 Å². The summed E-state index contributed by atoms with van der Waals surface area (Å²) >= 11 is 0. The first-order valence-corrected chi connectivity index (χ1v) is 10.7. The minimum Gasteiger partial charge on any atom is -0.413 e. The molecule has 0 atom stereocenters. The van der Waals surface area contributed by atoms with Crippen molar-refractivity contribution in [3.05, 3.63) is 65.8 Å². The van der Waals surface area contributed by atoms with E-state index in [0.717, 1.165) is 11.1 Å². The molecule has 2 N–H and O–H groups in total. The number of aromatic nitrogens is 4. The van der Waals surface area contributed by atoms with E-state index in [-0.39, 0.29) is 17.6 Å². The van der Waals surface area contributed by atoms with E-state index in [1.54, 1.807) is 24.5 Å². The molecule has 172 valence electrons. The predicted molar refractivity (Wildman–Crippen MR) is 127 cm³/mol. The van der Waals surface area contributed by atoms with Crippen LogP contribution in [0.25, 0.3) is 11.2 Å². The number of carbonyl (C=O) groups is 1. The number of ether oxygens (including phenoxy) is 1. The highest BCUT2D eigenvalue weighted by Gasteiger charge is 2.24. The fourth-order valence-electron chi connectivity index (χ4n) is 3.49. The van der Waals surface area contributed by atoms with Crippen LogP contribution in [-0.2, 0) is 4.74 Å². The Bertz CT molecular complexity index is 1330. The van der Waals surface area contributed by atoms with Crippen molar-refractivity contribution in [3.63, 3.8) is 0 Å². The summed E-state index contributed by atoms with van der Waals surface area (Å²) in [6, 6.07) is 11.4. The first kappa shape index (κ1) is 21.5. The van der Waals surface area contributed by atoms with Gasteiger partial charge in [-0.2, -0.15) is 20.1 Å². The fraction of sp³-hybridized carbons (Fsp3) is 0.217. The van der Waals surface area contributed by atoms with Crippen LogP contribution in [0.4, 0.5) is 17.5 Å². The second-order valence-electron chi connectivity index (χ2n) is 7.62. The van der Waals surface area contributed by atoms with Gasteiger partial charge in [-0.25, -0.2) is 5.43 Å². The van der Waals surface area contributed by atoms with E-state index in [1.165, 1.54) is 6.20 Å². The van der Waals surface area contributed by atoms with Crippen molar-refractivity contribution in [2.24, 2.45) is 5.10 Å². The minimum absolute atomic E-state index is 0.122. The van der Waals surface area contributed by atoms with E-state index in [4.69, 9.17) is 9.15 Å². The van der Waals surface area contributed by atoms with Crippen LogP contribution in [0.1, 0.15) is 21.8 Å². The second-order valence-corrected chi connectivity index (χ2v) is 7.62. The smallest absolute Gasteiger partial charge is 0.311 e. The Labute approximate surface area is 194 Å². The van der Waals surface area contributed by atoms with Crippen LogP contribution in [0, 0.1) is 6.92 Å². The molecule has 0 radical (unpaired) electrons. The summed E-state index contributed by atoms with van der Waals surface area (Å²) in [5, 5.41) is 6.96. The number of hydrogen-bond donors (Lipinski definition) is 2. The minimum atomic E-state index is -0.508. The number of nitrogens with one attached hydrogen (secondary N) is 2. The van der Waals surface area contributed by atoms with Gasteiger partial charge in [0.05, 0.1) is 31.3 Å². The van der Waals surface area contributed by atoms with Gasteiger partial charge in [0.25, 0.3) is 11.6 Å². The van der Waals surface area contributed by atoms with Gasteiger partial charge >= 0.3 is 5.91 Å². The first-order chi connectivity index (χ1) is 16.7. The molecule has 1 fully saturated rings. The maximum absolute atomic E-state index is 12.7. The number of amides is 1. The van der Waals surface area contributed by atoms with Crippen LogP contribution in [0.5, 0.6) is 0 Å². The number of anilines is 3. The second kappa shape index (κ2) is 9.63. The van der Waals surface area contributed by atoms with Gasteiger partial charge < -0.3 is 19.4 Å². The van der Waals surface area contributed by atoms with Crippen molar-refractivity contribution in [2.45, 2.75) is 6.92 Å². The highest BCUT2D eigenvalue weighted by atomic mass is 16.5. The topological polar surface area (TPSA) is 131 Å². The van der Waals surface area contributed by atoms with Crippen molar-refractivity contribution < 1.29 is 13.9 Å². The molecule has 4 heterocycles. The highest BCUT2D eigenvalue weighted by molar-refractivity contribution is 6.02. The van der Waals surface area contributed by atoms with Crippen molar-refractivity contribution >= 4 is 40.8 Å². The number of fused-ring (bicyclic) bond motifs is 1. The number of benzene rings is 1. The van der Waals surface area contributed by atoms with E-state index in [0.29, 0.717) is 43.3 Å². The number of oxazole rings is 1. The zero-order valence-corrected chi connectivity index (χ0v) is 18.4. The summed E-state index contributed by atoms with van der Waals surface area (Å²) in [5.74, 6) is 0.146. The molecule has 3 aromatic heterocycles. The van der Waals surface area contributed by atoms with Crippen LogP contribution >= 0.6 is 0 Å². The summed E-state index contributed by atoms with van der Waals surface area (Å²) in [7, 11) is 0. The van der Waals surface area contributed by atoms with Crippen molar-refractivity contribution in [2.75, 3.05) is 41.9 Å². The zero-order chi connectivity index (χ0) is 23.3. The van der Waals surface area contributed by atoms with Crippen LogP contribution < -0.4 is 15.6 Å². The molecule has 1 aliphatic heterocycles. The van der Waals surface area contributed by atoms with Gasteiger partial charge in [-0.1, -0.05) is 29.8 Å². The van der Waals surface area contributed by atoms with Gasteiger partial charge in [0.15, 0.2) is 11.3 Å². The van der Waals surface area contributed by atoms with Gasteiger partial charge in [-0.05, 0) is 24.6 Å². The third-order valence-corrected chi connectivity index (χ3v) is 5.08. The number of hydrogen-bond acceptors (Lipinski definition) is 10. The lowest BCUT2D eigenvalue weighted by Crippen LogP contribution is -2.37. The third kappa shape index (κ3) is 4.84. The molecule has 5 rings (SSSR count). The summed E-state index contributed by atoms with van der Waals surface area (Å²) in [5.41, 5.74) is 6.04. The Hall–Kier alpha value is -4.38. The van der Waals surface area contributed by atoms with Gasteiger partial charge in [-0.15, -0.1) is 0 Å². The number of carbonyl (C=O) groups excluding carboxylic acids is 1. The van der Waals surface area contributed by atoms with Gasteiger partial charge in [0, 0.05) is 19.3 Å². The molecular formula is C23H22N8O3. The normalized spacial score (nSPS) is 14.0. The van der Waals surface area contributed by atoms with Crippen LogP contribution in [0.3, 0.4) is 0 Å². The summed E-state index contributed by atoms with van der Waals surface area (Å²) < 4.78 is 11.2. The van der Waals surface area contributed by atoms with Crippen LogP contribution in [0.15, 0.2) is 58.3 Å². The number of nitrogens with zero attached hydrogens (tertiary/aromatic N) is 6. The lowest BCUT2D eigenvalue weighted by molar-refractivity contribution is 0.0992. The molecule has 11 heteroatoms. The molecule has 0 saturated carbocycles. The monoisotopic (exact) mass is 458 g/mol. The maximum atomic E-state index is 12.7. The summed E-state index contributed by atoms with van der Waals surface area (Å²) in [6.07, 6.45) is 4.84. The average molecular weight is 458 g/mol. The van der Waals surface area contributed by atoms with Gasteiger partial charge in [0.1, 0.15) is 0 Å². The molecular weight excluding hydrogens is 436 g/mol. The predicted octanol–water partition coefficient (Wildman–Crippen LogP) is 2.86. The Morgan fingerprint density at radius 2 is 2.03 bits per heavy atom. The molecule has 1 saturated heterocycles. The number of pyridine rings is 1. The van der Waals surface area contributed by atoms with Crippen LogP contribution in [-0.4, -0.2) is 58.4 Å². The SMILES string of the molecule is Cc1cccc(/C=N/Nc2nc(N3CCOCC3)c3nc(C(=O)Nc4cccnc4)oc3n2)c1. The van der Waals surface area contributed by atoms with E-state index < -0.39 is 5.91 Å². The fourth-order valence-corrected chi connectivity index (χ4v) is 3.49. The Morgan fingerprint density at radius 1 is 1.15 bits per heavy atom. The molecule has 1 aliphatic rings. The van der Waals surface area contributed by atoms with E-state index >= 15 is 0 Å². The zero-order valence-electron chi connectivity index (χ0n) is 18.4. The molecule has 4 aromatic rings. The number of rotatable bonds is 6. The third-order valence-electron chi connectivity index (χ3n) is 5.08. The summed E-state index contributed by atoms with van der Waals surface area (Å²) in [6.45, 7) is 4.39. The Balaban J connectivity index is 1.45. The summed E-state index contributed by atoms with van der Waals surface area (Å²) in [4.78, 5) is 32.1.